The summed E-state index contributed by atoms with van der Waals surface area (Å²) in [5.74, 6) is 0.982. The highest BCUT2D eigenvalue weighted by Crippen LogP contribution is 2.20. The van der Waals surface area contributed by atoms with Crippen molar-refractivity contribution in [2.24, 2.45) is 0 Å². The Morgan fingerprint density at radius 2 is 2.00 bits per heavy atom. The van der Waals surface area contributed by atoms with Gasteiger partial charge in [-0.05, 0) is 18.2 Å². The molecule has 0 unspecified atom stereocenters. The topological polar surface area (TPSA) is 38.1 Å². The molecule has 0 aliphatic rings. The van der Waals surface area contributed by atoms with Crippen LogP contribution in [0.2, 0.25) is 0 Å². The Hall–Kier alpha value is -1.26. The van der Waals surface area contributed by atoms with Crippen LogP contribution >= 0.6 is 11.8 Å². The summed E-state index contributed by atoms with van der Waals surface area (Å²) in [7, 11) is 0. The summed E-state index contributed by atoms with van der Waals surface area (Å²) in [6, 6.07) is 8.46. The lowest BCUT2D eigenvalue weighted by Crippen LogP contribution is -2.06. The SMILES string of the molecule is CCSc1ncc(CO)n1Cc1ccc(C)cc1. The average molecular weight is 262 g/mol. The average Bonchev–Trinajstić information content (AvgIpc) is 2.75. The van der Waals surface area contributed by atoms with Crippen LogP contribution in [0.1, 0.15) is 23.7 Å². The van der Waals surface area contributed by atoms with E-state index in [-0.39, 0.29) is 6.61 Å². The summed E-state index contributed by atoms with van der Waals surface area (Å²) < 4.78 is 2.08. The Bertz CT molecular complexity index is 505. The summed E-state index contributed by atoms with van der Waals surface area (Å²) in [5, 5.41) is 10.3. The number of aromatic nitrogens is 2. The molecule has 0 aliphatic carbocycles. The first kappa shape index (κ1) is 13.2. The lowest BCUT2D eigenvalue weighted by molar-refractivity contribution is 0.270. The standard InChI is InChI=1S/C14H18N2OS/c1-3-18-14-15-8-13(10-17)16(14)9-12-6-4-11(2)5-7-12/h4-8,17H,3,9-10H2,1-2H3. The fourth-order valence-electron chi connectivity index (χ4n) is 1.81. The molecular formula is C14H18N2OS. The number of benzene rings is 1. The lowest BCUT2D eigenvalue weighted by atomic mass is 10.1. The van der Waals surface area contributed by atoms with Crippen molar-refractivity contribution in [3.05, 3.63) is 47.3 Å². The molecule has 4 heteroatoms. The fourth-order valence-corrected chi connectivity index (χ4v) is 2.53. The number of hydrogen-bond acceptors (Lipinski definition) is 3. The molecule has 0 fully saturated rings. The van der Waals surface area contributed by atoms with Crippen molar-refractivity contribution in [3.8, 4) is 0 Å². The first-order valence-electron chi connectivity index (χ1n) is 6.08. The third kappa shape index (κ3) is 2.94. The van der Waals surface area contributed by atoms with Crippen molar-refractivity contribution >= 4 is 11.8 Å². The highest BCUT2D eigenvalue weighted by atomic mass is 32.2. The molecule has 18 heavy (non-hydrogen) atoms. The van der Waals surface area contributed by atoms with Gasteiger partial charge in [-0.25, -0.2) is 4.98 Å². The van der Waals surface area contributed by atoms with Crippen LogP contribution < -0.4 is 0 Å². The van der Waals surface area contributed by atoms with E-state index in [4.69, 9.17) is 0 Å². The van der Waals surface area contributed by atoms with Gasteiger partial charge in [-0.1, -0.05) is 48.5 Å². The van der Waals surface area contributed by atoms with Crippen LogP contribution in [-0.2, 0) is 13.2 Å². The first-order valence-corrected chi connectivity index (χ1v) is 7.06. The van der Waals surface area contributed by atoms with Crippen LogP contribution in [0, 0.1) is 6.92 Å². The van der Waals surface area contributed by atoms with Crippen molar-refractivity contribution in [1.82, 2.24) is 9.55 Å². The number of aryl methyl sites for hydroxylation is 1. The molecule has 0 spiro atoms. The lowest BCUT2D eigenvalue weighted by Gasteiger charge is -2.10. The van der Waals surface area contributed by atoms with Crippen molar-refractivity contribution in [2.75, 3.05) is 5.75 Å². The Kier molecular flexibility index (Phi) is 4.44. The van der Waals surface area contributed by atoms with E-state index in [1.54, 1.807) is 18.0 Å². The van der Waals surface area contributed by atoms with Gasteiger partial charge < -0.3 is 9.67 Å². The first-order chi connectivity index (χ1) is 8.74. The maximum Gasteiger partial charge on any atom is 0.168 e. The van der Waals surface area contributed by atoms with Crippen molar-refractivity contribution in [1.29, 1.82) is 0 Å². The summed E-state index contributed by atoms with van der Waals surface area (Å²) in [5.41, 5.74) is 3.35. The van der Waals surface area contributed by atoms with E-state index in [9.17, 15) is 5.11 Å². The van der Waals surface area contributed by atoms with Crippen LogP contribution in [0.25, 0.3) is 0 Å². The molecule has 1 aromatic heterocycles. The van der Waals surface area contributed by atoms with Crippen LogP contribution in [0.3, 0.4) is 0 Å². The number of aliphatic hydroxyl groups excluding tert-OH is 1. The molecule has 1 N–H and O–H groups in total. The van der Waals surface area contributed by atoms with Gasteiger partial charge in [0.1, 0.15) is 0 Å². The minimum absolute atomic E-state index is 0.0309. The predicted octanol–water partition coefficient (Wildman–Crippen LogP) is 2.84. The van der Waals surface area contributed by atoms with Gasteiger partial charge in [0.05, 0.1) is 18.5 Å². The maximum atomic E-state index is 9.35. The van der Waals surface area contributed by atoms with Crippen molar-refractivity contribution in [2.45, 2.75) is 32.2 Å². The molecule has 0 atom stereocenters. The Labute approximate surface area is 112 Å². The molecule has 1 heterocycles. The van der Waals surface area contributed by atoms with Crippen LogP contribution in [-0.4, -0.2) is 20.4 Å². The van der Waals surface area contributed by atoms with Gasteiger partial charge >= 0.3 is 0 Å². The summed E-state index contributed by atoms with van der Waals surface area (Å²) in [6.07, 6.45) is 1.76. The van der Waals surface area contributed by atoms with Gasteiger partial charge in [0, 0.05) is 6.54 Å². The van der Waals surface area contributed by atoms with E-state index < -0.39 is 0 Å². The Balaban J connectivity index is 2.26. The predicted molar refractivity (Wildman–Crippen MR) is 74.8 cm³/mol. The summed E-state index contributed by atoms with van der Waals surface area (Å²) in [6.45, 7) is 4.98. The molecule has 2 aromatic rings. The van der Waals surface area contributed by atoms with Gasteiger partial charge in [-0.2, -0.15) is 0 Å². The molecule has 0 aliphatic heterocycles. The van der Waals surface area contributed by atoms with Gasteiger partial charge in [-0.3, -0.25) is 0 Å². The molecule has 0 radical (unpaired) electrons. The third-order valence-electron chi connectivity index (χ3n) is 2.80. The fraction of sp³-hybridized carbons (Fsp3) is 0.357. The summed E-state index contributed by atoms with van der Waals surface area (Å²) in [4.78, 5) is 4.36. The van der Waals surface area contributed by atoms with E-state index >= 15 is 0 Å². The number of nitrogens with zero attached hydrogens (tertiary/aromatic N) is 2. The minimum atomic E-state index is 0.0309. The number of aliphatic hydroxyl groups is 1. The van der Waals surface area contributed by atoms with E-state index in [1.165, 1.54) is 11.1 Å². The molecule has 2 rings (SSSR count). The van der Waals surface area contributed by atoms with Crippen molar-refractivity contribution in [3.63, 3.8) is 0 Å². The van der Waals surface area contributed by atoms with E-state index in [0.717, 1.165) is 23.1 Å². The zero-order chi connectivity index (χ0) is 13.0. The van der Waals surface area contributed by atoms with E-state index in [0.29, 0.717) is 0 Å². The smallest absolute Gasteiger partial charge is 0.168 e. The van der Waals surface area contributed by atoms with Gasteiger partial charge in [0.2, 0.25) is 0 Å². The molecular weight excluding hydrogens is 244 g/mol. The van der Waals surface area contributed by atoms with Crippen LogP contribution in [0.5, 0.6) is 0 Å². The molecule has 3 nitrogen and oxygen atoms in total. The largest absolute Gasteiger partial charge is 0.390 e. The summed E-state index contributed by atoms with van der Waals surface area (Å²) >= 11 is 1.70. The number of hydrogen-bond donors (Lipinski definition) is 1. The van der Waals surface area contributed by atoms with Crippen LogP contribution in [0.15, 0.2) is 35.6 Å². The second-order valence-corrected chi connectivity index (χ2v) is 5.43. The second kappa shape index (κ2) is 6.07. The highest BCUT2D eigenvalue weighted by molar-refractivity contribution is 7.99. The van der Waals surface area contributed by atoms with Gasteiger partial charge in [0.15, 0.2) is 5.16 Å². The molecule has 0 saturated heterocycles. The molecule has 0 amide bonds. The van der Waals surface area contributed by atoms with Crippen LogP contribution in [0.4, 0.5) is 0 Å². The van der Waals surface area contributed by atoms with Crippen molar-refractivity contribution < 1.29 is 5.11 Å². The molecule has 1 aromatic carbocycles. The Morgan fingerprint density at radius 1 is 1.28 bits per heavy atom. The Morgan fingerprint density at radius 3 is 2.61 bits per heavy atom. The van der Waals surface area contributed by atoms with E-state index in [2.05, 4.69) is 47.7 Å². The number of imidazole rings is 1. The number of rotatable bonds is 5. The third-order valence-corrected chi connectivity index (χ3v) is 3.67. The zero-order valence-electron chi connectivity index (χ0n) is 10.8. The highest BCUT2D eigenvalue weighted by Gasteiger charge is 2.09. The number of thioether (sulfide) groups is 1. The minimum Gasteiger partial charge on any atom is -0.390 e. The second-order valence-electron chi connectivity index (χ2n) is 4.19. The molecule has 96 valence electrons. The maximum absolute atomic E-state index is 9.35. The zero-order valence-corrected chi connectivity index (χ0v) is 11.6. The normalized spacial score (nSPS) is 10.8. The monoisotopic (exact) mass is 262 g/mol. The molecule has 0 saturated carbocycles. The van der Waals surface area contributed by atoms with Gasteiger partial charge in [-0.15, -0.1) is 0 Å². The van der Waals surface area contributed by atoms with E-state index in [1.807, 2.05) is 0 Å². The van der Waals surface area contributed by atoms with Gasteiger partial charge in [0.25, 0.3) is 0 Å². The molecule has 0 bridgehead atoms. The quantitative estimate of drug-likeness (QED) is 0.842.